The molecule has 0 spiro atoms. The van der Waals surface area contributed by atoms with Crippen molar-refractivity contribution in [2.45, 2.75) is 39.2 Å². The van der Waals surface area contributed by atoms with E-state index in [1.54, 1.807) is 7.11 Å². The highest BCUT2D eigenvalue weighted by Crippen LogP contribution is 2.60. The second-order valence-electron chi connectivity index (χ2n) is 6.71. The molecule has 4 heteroatoms. The predicted octanol–water partition coefficient (Wildman–Crippen LogP) is 2.10. The Morgan fingerprint density at radius 1 is 1.45 bits per heavy atom. The Morgan fingerprint density at radius 2 is 2.25 bits per heavy atom. The summed E-state index contributed by atoms with van der Waals surface area (Å²) in [5, 5.41) is 8.02. The molecule has 1 heterocycles. The van der Waals surface area contributed by atoms with Crippen molar-refractivity contribution in [1.29, 1.82) is 0 Å². The highest BCUT2D eigenvalue weighted by molar-refractivity contribution is 5.13. The number of ether oxygens (including phenoxy) is 1. The second kappa shape index (κ2) is 5.86. The normalized spacial score (nSPS) is 31.5. The van der Waals surface area contributed by atoms with Crippen LogP contribution in [0.2, 0.25) is 0 Å². The van der Waals surface area contributed by atoms with E-state index >= 15 is 0 Å². The van der Waals surface area contributed by atoms with Gasteiger partial charge in [0, 0.05) is 32.9 Å². The molecule has 1 aromatic heterocycles. The lowest BCUT2D eigenvalue weighted by molar-refractivity contribution is 0.186. The first kappa shape index (κ1) is 14.1. The van der Waals surface area contributed by atoms with Gasteiger partial charge in [0.2, 0.25) is 0 Å². The van der Waals surface area contributed by atoms with Crippen LogP contribution in [0.3, 0.4) is 0 Å². The zero-order chi connectivity index (χ0) is 14.0. The molecule has 2 fully saturated rings. The van der Waals surface area contributed by atoms with E-state index in [2.05, 4.69) is 29.7 Å². The summed E-state index contributed by atoms with van der Waals surface area (Å²) in [6.07, 6.45) is 9.74. The molecule has 0 radical (unpaired) electrons. The maximum atomic E-state index is 5.13. The molecule has 2 atom stereocenters. The Bertz CT molecular complexity index is 433. The molecular formula is C16H27N3O. The third-order valence-electron chi connectivity index (χ3n) is 5.03. The Kier molecular flexibility index (Phi) is 4.13. The number of aromatic nitrogens is 2. The van der Waals surface area contributed by atoms with E-state index in [1.807, 2.05) is 4.68 Å². The van der Waals surface area contributed by atoms with Gasteiger partial charge in [-0.2, -0.15) is 5.10 Å². The lowest BCUT2D eigenvalue weighted by Crippen LogP contribution is -2.36. The molecule has 2 aliphatic carbocycles. The fourth-order valence-corrected chi connectivity index (χ4v) is 3.99. The number of aryl methyl sites for hydroxylation is 1. The molecule has 0 saturated heterocycles. The van der Waals surface area contributed by atoms with E-state index in [-0.39, 0.29) is 0 Å². The summed E-state index contributed by atoms with van der Waals surface area (Å²) >= 11 is 0. The van der Waals surface area contributed by atoms with Gasteiger partial charge in [0.25, 0.3) is 0 Å². The van der Waals surface area contributed by atoms with Crippen LogP contribution >= 0.6 is 0 Å². The van der Waals surface area contributed by atoms with E-state index in [1.165, 1.54) is 31.2 Å². The smallest absolute Gasteiger partial charge is 0.0587 e. The van der Waals surface area contributed by atoms with Gasteiger partial charge >= 0.3 is 0 Å². The van der Waals surface area contributed by atoms with Gasteiger partial charge < -0.3 is 10.1 Å². The van der Waals surface area contributed by atoms with Crippen LogP contribution in [0, 0.1) is 17.3 Å². The lowest BCUT2D eigenvalue weighted by Gasteiger charge is -2.31. The number of methoxy groups -OCH3 is 1. The minimum absolute atomic E-state index is 0.461. The molecule has 112 valence electrons. The second-order valence-corrected chi connectivity index (χ2v) is 6.71. The average molecular weight is 277 g/mol. The Morgan fingerprint density at radius 3 is 2.90 bits per heavy atom. The summed E-state index contributed by atoms with van der Waals surface area (Å²) in [7, 11) is 1.77. The summed E-state index contributed by atoms with van der Waals surface area (Å²) in [6, 6.07) is 0. The Balaban J connectivity index is 1.60. The minimum Gasteiger partial charge on any atom is -0.383 e. The van der Waals surface area contributed by atoms with E-state index in [9.17, 15) is 0 Å². The summed E-state index contributed by atoms with van der Waals surface area (Å²) in [5.74, 6) is 2.03. The predicted molar refractivity (Wildman–Crippen MR) is 79.6 cm³/mol. The van der Waals surface area contributed by atoms with Gasteiger partial charge in [0.15, 0.2) is 0 Å². The van der Waals surface area contributed by atoms with E-state index in [0.717, 1.165) is 38.1 Å². The van der Waals surface area contributed by atoms with Crippen LogP contribution in [0.15, 0.2) is 12.4 Å². The van der Waals surface area contributed by atoms with Gasteiger partial charge in [-0.3, -0.25) is 4.68 Å². The number of nitrogens with zero attached hydrogens (tertiary/aromatic N) is 2. The van der Waals surface area contributed by atoms with Crippen molar-refractivity contribution in [3.63, 3.8) is 0 Å². The molecule has 4 nitrogen and oxygen atoms in total. The van der Waals surface area contributed by atoms with Crippen molar-refractivity contribution in [3.8, 4) is 0 Å². The van der Waals surface area contributed by atoms with Crippen LogP contribution in [-0.4, -0.2) is 36.6 Å². The summed E-state index contributed by atoms with van der Waals surface area (Å²) < 4.78 is 7.17. The summed E-state index contributed by atoms with van der Waals surface area (Å²) in [4.78, 5) is 0. The van der Waals surface area contributed by atoms with E-state index in [4.69, 9.17) is 4.74 Å². The van der Waals surface area contributed by atoms with Crippen molar-refractivity contribution in [2.24, 2.45) is 17.3 Å². The molecule has 0 aliphatic heterocycles. The molecule has 1 aromatic rings. The highest BCUT2D eigenvalue weighted by atomic mass is 16.5. The first-order valence-corrected chi connectivity index (χ1v) is 7.96. The minimum atomic E-state index is 0.461. The number of nitrogens with one attached hydrogen (secondary N) is 1. The summed E-state index contributed by atoms with van der Waals surface area (Å²) in [5.41, 5.74) is 1.87. The molecule has 0 aromatic carbocycles. The first-order chi connectivity index (χ1) is 9.74. The molecule has 1 N–H and O–H groups in total. The monoisotopic (exact) mass is 277 g/mol. The number of rotatable bonds is 8. The fraction of sp³-hybridized carbons (Fsp3) is 0.812. The quantitative estimate of drug-likeness (QED) is 0.740. The van der Waals surface area contributed by atoms with Crippen molar-refractivity contribution in [2.75, 3.05) is 26.8 Å². The topological polar surface area (TPSA) is 39.1 Å². The van der Waals surface area contributed by atoms with Crippen LogP contribution < -0.4 is 5.32 Å². The standard InChI is InChI=1S/C16H27N3O/c1-3-19-11-13(10-18-19)7-16(12-17-4-5-20-2)8-14-6-15(14)9-16/h10-11,14-15,17H,3-9,12H2,1-2H3. The fourth-order valence-electron chi connectivity index (χ4n) is 3.99. The molecule has 3 rings (SSSR count). The molecule has 2 saturated carbocycles. The molecule has 0 amide bonds. The van der Waals surface area contributed by atoms with Gasteiger partial charge in [-0.1, -0.05) is 0 Å². The Labute approximate surface area is 121 Å². The zero-order valence-corrected chi connectivity index (χ0v) is 12.8. The zero-order valence-electron chi connectivity index (χ0n) is 12.8. The maximum Gasteiger partial charge on any atom is 0.0587 e. The number of fused-ring (bicyclic) bond motifs is 1. The van der Waals surface area contributed by atoms with Crippen molar-refractivity contribution < 1.29 is 4.74 Å². The molecular weight excluding hydrogens is 250 g/mol. The van der Waals surface area contributed by atoms with Gasteiger partial charge in [-0.05, 0) is 55.4 Å². The number of hydrogen-bond acceptors (Lipinski definition) is 3. The summed E-state index contributed by atoms with van der Waals surface area (Å²) in [6.45, 7) is 5.99. The van der Waals surface area contributed by atoms with Crippen LogP contribution in [0.5, 0.6) is 0 Å². The third-order valence-corrected chi connectivity index (χ3v) is 5.03. The first-order valence-electron chi connectivity index (χ1n) is 7.96. The average Bonchev–Trinajstić information content (AvgIpc) is 2.89. The van der Waals surface area contributed by atoms with Crippen molar-refractivity contribution >= 4 is 0 Å². The van der Waals surface area contributed by atoms with Crippen molar-refractivity contribution in [3.05, 3.63) is 18.0 Å². The maximum absolute atomic E-state index is 5.13. The van der Waals surface area contributed by atoms with Crippen LogP contribution in [0.25, 0.3) is 0 Å². The van der Waals surface area contributed by atoms with Gasteiger partial charge in [-0.15, -0.1) is 0 Å². The largest absolute Gasteiger partial charge is 0.383 e. The van der Waals surface area contributed by atoms with Crippen molar-refractivity contribution in [1.82, 2.24) is 15.1 Å². The van der Waals surface area contributed by atoms with Gasteiger partial charge in [0.05, 0.1) is 12.8 Å². The SMILES string of the molecule is CCn1cc(CC2(CNCCOC)CC3CC3C2)cn1. The third kappa shape index (κ3) is 3.07. The highest BCUT2D eigenvalue weighted by Gasteiger charge is 2.53. The van der Waals surface area contributed by atoms with Crippen LogP contribution in [0.1, 0.15) is 31.7 Å². The lowest BCUT2D eigenvalue weighted by atomic mass is 9.78. The Hall–Kier alpha value is -0.870. The van der Waals surface area contributed by atoms with Gasteiger partial charge in [-0.25, -0.2) is 0 Å². The molecule has 2 unspecified atom stereocenters. The van der Waals surface area contributed by atoms with Crippen LogP contribution in [-0.2, 0) is 17.7 Å². The molecule has 2 aliphatic rings. The van der Waals surface area contributed by atoms with E-state index in [0.29, 0.717) is 5.41 Å². The van der Waals surface area contributed by atoms with Crippen LogP contribution in [0.4, 0.5) is 0 Å². The molecule has 0 bridgehead atoms. The molecule has 20 heavy (non-hydrogen) atoms. The van der Waals surface area contributed by atoms with E-state index < -0.39 is 0 Å². The van der Waals surface area contributed by atoms with Gasteiger partial charge in [0.1, 0.15) is 0 Å². The number of hydrogen-bond donors (Lipinski definition) is 1.